The second-order valence-electron chi connectivity index (χ2n) is 6.72. The van der Waals surface area contributed by atoms with E-state index in [1.54, 1.807) is 36.1 Å². The van der Waals surface area contributed by atoms with Gasteiger partial charge in [-0.2, -0.15) is 0 Å². The zero-order valence-corrected chi connectivity index (χ0v) is 15.5. The topological polar surface area (TPSA) is 91.7 Å². The van der Waals surface area contributed by atoms with E-state index in [1.165, 1.54) is 6.92 Å². The molecule has 1 aliphatic rings. The summed E-state index contributed by atoms with van der Waals surface area (Å²) in [7, 11) is 0. The van der Waals surface area contributed by atoms with Crippen LogP contribution in [0.2, 0.25) is 0 Å². The van der Waals surface area contributed by atoms with Gasteiger partial charge in [0, 0.05) is 35.7 Å². The highest BCUT2D eigenvalue weighted by molar-refractivity contribution is 6.02. The van der Waals surface area contributed by atoms with Crippen LogP contribution >= 0.6 is 0 Å². The minimum atomic E-state index is -0.522. The van der Waals surface area contributed by atoms with Crippen molar-refractivity contribution >= 4 is 34.4 Å². The first-order valence-corrected chi connectivity index (χ1v) is 8.95. The van der Waals surface area contributed by atoms with E-state index in [0.717, 1.165) is 16.6 Å². The maximum Gasteiger partial charge on any atom is 0.305 e. The molecule has 0 spiro atoms. The van der Waals surface area contributed by atoms with Gasteiger partial charge in [-0.05, 0) is 43.2 Å². The SMILES string of the molecule is CC(=O)N1CCc2cc(C(=O)NNC(=O)c3oc4ccccc4c3C)ccc21. The molecule has 4 rings (SSSR count). The Hall–Kier alpha value is -3.61. The summed E-state index contributed by atoms with van der Waals surface area (Å²) in [5.74, 6) is -0.825. The van der Waals surface area contributed by atoms with Gasteiger partial charge in [0.05, 0.1) is 0 Å². The van der Waals surface area contributed by atoms with Crippen LogP contribution in [0.4, 0.5) is 5.69 Å². The Bertz CT molecular complexity index is 1120. The average Bonchev–Trinajstić information content (AvgIpc) is 3.27. The summed E-state index contributed by atoms with van der Waals surface area (Å²) < 4.78 is 5.59. The van der Waals surface area contributed by atoms with Gasteiger partial charge in [0.15, 0.2) is 5.76 Å². The number of carbonyl (C=O) groups excluding carboxylic acids is 3. The number of rotatable bonds is 2. The fraction of sp³-hybridized carbons (Fsp3) is 0.190. The van der Waals surface area contributed by atoms with Gasteiger partial charge in [-0.15, -0.1) is 0 Å². The van der Waals surface area contributed by atoms with Crippen molar-refractivity contribution in [1.29, 1.82) is 0 Å². The molecule has 142 valence electrons. The molecule has 1 aliphatic heterocycles. The first-order valence-electron chi connectivity index (χ1n) is 8.95. The van der Waals surface area contributed by atoms with Crippen LogP contribution in [0, 0.1) is 6.92 Å². The number of amides is 3. The summed E-state index contributed by atoms with van der Waals surface area (Å²) >= 11 is 0. The van der Waals surface area contributed by atoms with Crippen LogP contribution in [0.3, 0.4) is 0 Å². The zero-order chi connectivity index (χ0) is 19.8. The van der Waals surface area contributed by atoms with Gasteiger partial charge < -0.3 is 9.32 Å². The van der Waals surface area contributed by atoms with Crippen molar-refractivity contribution in [2.45, 2.75) is 20.3 Å². The predicted molar refractivity (Wildman–Crippen MR) is 104 cm³/mol. The first kappa shape index (κ1) is 17.8. The van der Waals surface area contributed by atoms with Crippen molar-refractivity contribution in [1.82, 2.24) is 10.9 Å². The van der Waals surface area contributed by atoms with Crippen LogP contribution in [0.25, 0.3) is 11.0 Å². The van der Waals surface area contributed by atoms with Gasteiger partial charge in [0.25, 0.3) is 5.91 Å². The monoisotopic (exact) mass is 377 g/mol. The minimum Gasteiger partial charge on any atom is -0.451 e. The Kier molecular flexibility index (Phi) is 4.35. The maximum atomic E-state index is 12.4. The van der Waals surface area contributed by atoms with Crippen LogP contribution in [0.1, 0.15) is 39.0 Å². The zero-order valence-electron chi connectivity index (χ0n) is 15.5. The van der Waals surface area contributed by atoms with Crippen molar-refractivity contribution in [3.63, 3.8) is 0 Å². The van der Waals surface area contributed by atoms with Gasteiger partial charge in [0.1, 0.15) is 5.58 Å². The molecule has 0 saturated heterocycles. The molecule has 7 nitrogen and oxygen atoms in total. The number of carbonyl (C=O) groups is 3. The van der Waals surface area contributed by atoms with E-state index >= 15 is 0 Å². The van der Waals surface area contributed by atoms with Gasteiger partial charge in [-0.25, -0.2) is 0 Å². The lowest BCUT2D eigenvalue weighted by atomic mass is 10.1. The molecule has 0 aliphatic carbocycles. The van der Waals surface area contributed by atoms with E-state index < -0.39 is 11.8 Å². The van der Waals surface area contributed by atoms with Crippen molar-refractivity contribution in [3.8, 4) is 0 Å². The molecule has 0 radical (unpaired) electrons. The smallest absolute Gasteiger partial charge is 0.305 e. The number of aryl methyl sites for hydroxylation is 1. The quantitative estimate of drug-likeness (QED) is 0.672. The fourth-order valence-corrected chi connectivity index (χ4v) is 3.50. The van der Waals surface area contributed by atoms with E-state index in [-0.39, 0.29) is 11.7 Å². The average molecular weight is 377 g/mol. The molecule has 0 atom stereocenters. The molecular weight excluding hydrogens is 358 g/mol. The van der Waals surface area contributed by atoms with Crippen molar-refractivity contribution in [3.05, 3.63) is 64.9 Å². The molecule has 0 unspecified atom stereocenters. The van der Waals surface area contributed by atoms with Crippen LogP contribution in [0.15, 0.2) is 46.9 Å². The normalized spacial score (nSPS) is 12.7. The van der Waals surface area contributed by atoms with E-state index in [4.69, 9.17) is 4.42 Å². The van der Waals surface area contributed by atoms with E-state index in [1.807, 2.05) is 18.2 Å². The Labute approximate surface area is 161 Å². The Morgan fingerprint density at radius 1 is 1.04 bits per heavy atom. The van der Waals surface area contributed by atoms with Crippen LogP contribution in [-0.4, -0.2) is 24.3 Å². The highest BCUT2D eigenvalue weighted by Crippen LogP contribution is 2.29. The first-order chi connectivity index (χ1) is 13.5. The molecule has 2 N–H and O–H groups in total. The molecular formula is C21H19N3O4. The molecule has 7 heteroatoms. The maximum absolute atomic E-state index is 12.4. The summed E-state index contributed by atoms with van der Waals surface area (Å²) in [6.45, 7) is 3.92. The van der Waals surface area contributed by atoms with Gasteiger partial charge in [-0.1, -0.05) is 18.2 Å². The summed E-state index contributed by atoms with van der Waals surface area (Å²) in [5, 5.41) is 0.854. The third-order valence-corrected chi connectivity index (χ3v) is 4.96. The Morgan fingerprint density at radius 2 is 1.79 bits per heavy atom. The molecule has 28 heavy (non-hydrogen) atoms. The highest BCUT2D eigenvalue weighted by Gasteiger charge is 2.23. The molecule has 2 aromatic carbocycles. The molecule has 2 heterocycles. The molecule has 3 amide bonds. The van der Waals surface area contributed by atoms with Crippen molar-refractivity contribution < 1.29 is 18.8 Å². The van der Waals surface area contributed by atoms with Crippen molar-refractivity contribution in [2.75, 3.05) is 11.4 Å². The summed E-state index contributed by atoms with van der Waals surface area (Å²) in [4.78, 5) is 38.1. The summed E-state index contributed by atoms with van der Waals surface area (Å²) in [6.07, 6.45) is 0.695. The number of hydrogen-bond donors (Lipinski definition) is 2. The lowest BCUT2D eigenvalue weighted by Gasteiger charge is -2.14. The number of fused-ring (bicyclic) bond motifs is 2. The second kappa shape index (κ2) is 6.84. The second-order valence-corrected chi connectivity index (χ2v) is 6.72. The van der Waals surface area contributed by atoms with E-state index in [9.17, 15) is 14.4 Å². The van der Waals surface area contributed by atoms with Crippen LogP contribution in [-0.2, 0) is 11.2 Å². The van der Waals surface area contributed by atoms with Crippen LogP contribution in [0.5, 0.6) is 0 Å². The van der Waals surface area contributed by atoms with Gasteiger partial charge in [0.2, 0.25) is 5.91 Å². The summed E-state index contributed by atoms with van der Waals surface area (Å²) in [6, 6.07) is 12.5. The number of nitrogens with zero attached hydrogens (tertiary/aromatic N) is 1. The number of hydrazine groups is 1. The summed E-state index contributed by atoms with van der Waals surface area (Å²) in [5.41, 5.74) is 8.31. The highest BCUT2D eigenvalue weighted by atomic mass is 16.3. The Balaban J connectivity index is 1.46. The standard InChI is InChI=1S/C21H19N3O4/c1-12-16-5-3-4-6-18(16)28-19(12)21(27)23-22-20(26)15-7-8-17-14(11-15)9-10-24(17)13(2)25/h3-8,11H,9-10H2,1-2H3,(H,22,26)(H,23,27). The molecule has 1 aromatic heterocycles. The predicted octanol–water partition coefficient (Wildman–Crippen LogP) is 2.73. The molecule has 0 saturated carbocycles. The Morgan fingerprint density at radius 3 is 2.54 bits per heavy atom. The van der Waals surface area contributed by atoms with E-state index in [0.29, 0.717) is 29.7 Å². The largest absolute Gasteiger partial charge is 0.451 e. The number of nitrogens with one attached hydrogen (secondary N) is 2. The lowest BCUT2D eigenvalue weighted by molar-refractivity contribution is -0.116. The number of furan rings is 1. The fourth-order valence-electron chi connectivity index (χ4n) is 3.50. The number of benzene rings is 2. The van der Waals surface area contributed by atoms with Gasteiger partial charge >= 0.3 is 5.91 Å². The molecule has 0 bridgehead atoms. The number of anilines is 1. The minimum absolute atomic E-state index is 0.0237. The lowest BCUT2D eigenvalue weighted by Crippen LogP contribution is -2.41. The number of hydrogen-bond acceptors (Lipinski definition) is 4. The third-order valence-electron chi connectivity index (χ3n) is 4.96. The van der Waals surface area contributed by atoms with Crippen LogP contribution < -0.4 is 15.8 Å². The van der Waals surface area contributed by atoms with E-state index in [2.05, 4.69) is 10.9 Å². The molecule has 3 aromatic rings. The van der Waals surface area contributed by atoms with Crippen molar-refractivity contribution in [2.24, 2.45) is 0 Å². The number of para-hydroxylation sites is 1. The molecule has 0 fully saturated rings. The third kappa shape index (κ3) is 3.00. The van der Waals surface area contributed by atoms with Gasteiger partial charge in [-0.3, -0.25) is 25.2 Å².